The van der Waals surface area contributed by atoms with E-state index in [0.717, 1.165) is 97.2 Å². The van der Waals surface area contributed by atoms with E-state index in [1.807, 2.05) is 55.6 Å². The average molecular weight is 846 g/mol. The Morgan fingerprint density at radius 1 is 0.903 bits per heavy atom. The van der Waals surface area contributed by atoms with Crippen LogP contribution < -0.4 is 25.6 Å². The first kappa shape index (κ1) is 41.0. The lowest BCUT2D eigenvalue weighted by molar-refractivity contribution is -0.134. The van der Waals surface area contributed by atoms with Crippen LogP contribution in [-0.4, -0.2) is 101 Å². The lowest BCUT2D eigenvalue weighted by atomic mass is 9.93. The van der Waals surface area contributed by atoms with Gasteiger partial charge in [0.05, 0.1) is 34.8 Å². The molecule has 3 aliphatic heterocycles. The lowest BCUT2D eigenvalue weighted by Crippen LogP contribution is -2.46. The minimum Gasteiger partial charge on any atom is -0.493 e. The number of carbonyl (C=O) groups excluding carboxylic acids is 3. The summed E-state index contributed by atoms with van der Waals surface area (Å²) < 4.78 is 41.3. The van der Waals surface area contributed by atoms with Crippen molar-refractivity contribution in [2.45, 2.75) is 50.5 Å². The molecule has 3 amide bonds. The maximum absolute atomic E-state index is 14.0. The number of benzene rings is 4. The van der Waals surface area contributed by atoms with Crippen molar-refractivity contribution >= 4 is 56.7 Å². The number of piperidine rings is 1. The van der Waals surface area contributed by atoms with Gasteiger partial charge in [0.25, 0.3) is 5.91 Å². The number of imide groups is 1. The number of nitrogens with one attached hydrogen (secondary N) is 4. The van der Waals surface area contributed by atoms with Gasteiger partial charge in [0, 0.05) is 99.7 Å². The molecule has 6 aromatic rings. The van der Waals surface area contributed by atoms with Crippen LogP contribution in [-0.2, 0) is 27.8 Å². The van der Waals surface area contributed by atoms with Crippen molar-refractivity contribution < 1.29 is 32.6 Å². The van der Waals surface area contributed by atoms with Gasteiger partial charge < -0.3 is 25.0 Å². The van der Waals surface area contributed by atoms with Gasteiger partial charge in [-0.05, 0) is 97.8 Å². The normalized spacial score (nSPS) is 17.7. The minimum absolute atomic E-state index is 0.160. The number of carbonyl (C=O) groups is 3. The molecule has 9 rings (SSSR count). The number of hydrogen-bond donors (Lipinski definition) is 4. The Morgan fingerprint density at radius 2 is 1.71 bits per heavy atom. The van der Waals surface area contributed by atoms with Gasteiger partial charge in [-0.25, -0.2) is 8.78 Å². The lowest BCUT2D eigenvalue weighted by Gasteiger charge is -2.36. The third kappa shape index (κ3) is 9.11. The third-order valence-electron chi connectivity index (χ3n) is 12.1. The Balaban J connectivity index is 0.813. The van der Waals surface area contributed by atoms with Gasteiger partial charge in [-0.1, -0.05) is 6.07 Å². The molecule has 322 valence electrons. The predicted octanol–water partition coefficient (Wildman–Crippen LogP) is 6.27. The minimum atomic E-state index is -0.627. The summed E-state index contributed by atoms with van der Waals surface area (Å²) in [5, 5.41) is 22.7. The zero-order valence-corrected chi connectivity index (χ0v) is 34.5. The van der Waals surface area contributed by atoms with E-state index in [4.69, 9.17) is 9.47 Å². The number of fused-ring (bicyclic) bond motifs is 2. The topological polar surface area (TPSA) is 159 Å². The molecule has 1 atom stereocenters. The molecule has 0 bridgehead atoms. The summed E-state index contributed by atoms with van der Waals surface area (Å²) in [5.41, 5.74) is 5.89. The van der Waals surface area contributed by atoms with Crippen molar-refractivity contribution in [1.29, 1.82) is 0 Å². The summed E-state index contributed by atoms with van der Waals surface area (Å²) in [4.78, 5) is 43.0. The van der Waals surface area contributed by atoms with Crippen LogP contribution in [0, 0.1) is 11.6 Å². The molecule has 5 heterocycles. The molecule has 3 aliphatic rings. The van der Waals surface area contributed by atoms with Crippen LogP contribution in [0.15, 0.2) is 72.8 Å². The second-order valence-corrected chi connectivity index (χ2v) is 16.3. The molecule has 4 N–H and O–H groups in total. The average Bonchev–Trinajstić information content (AvgIpc) is 3.81. The van der Waals surface area contributed by atoms with E-state index in [1.165, 1.54) is 12.1 Å². The molecule has 0 aliphatic carbocycles. The monoisotopic (exact) mass is 845 g/mol. The van der Waals surface area contributed by atoms with Crippen LogP contribution >= 0.6 is 0 Å². The van der Waals surface area contributed by atoms with E-state index in [9.17, 15) is 23.2 Å². The predicted molar refractivity (Wildman–Crippen MR) is 232 cm³/mol. The van der Waals surface area contributed by atoms with E-state index >= 15 is 0 Å². The van der Waals surface area contributed by atoms with Crippen LogP contribution in [0.2, 0.25) is 0 Å². The van der Waals surface area contributed by atoms with E-state index in [1.54, 1.807) is 4.68 Å². The molecular formula is C46H49F2N9O5. The zero-order chi connectivity index (χ0) is 42.7. The number of aromatic nitrogens is 4. The number of nitrogens with zero attached hydrogens (tertiary/aromatic N) is 5. The molecule has 2 aromatic heterocycles. The third-order valence-corrected chi connectivity index (χ3v) is 12.1. The van der Waals surface area contributed by atoms with Gasteiger partial charge in [-0.2, -0.15) is 10.2 Å². The molecule has 62 heavy (non-hydrogen) atoms. The highest BCUT2D eigenvalue weighted by atomic mass is 19.1. The first-order chi connectivity index (χ1) is 30.1. The van der Waals surface area contributed by atoms with Crippen molar-refractivity contribution in [3.05, 3.63) is 107 Å². The number of anilines is 3. The largest absolute Gasteiger partial charge is 0.493 e. The molecular weight excluding hydrogens is 797 g/mol. The summed E-state index contributed by atoms with van der Waals surface area (Å²) in [5.74, 6) is -1.44. The van der Waals surface area contributed by atoms with Crippen molar-refractivity contribution in [3.8, 4) is 5.75 Å². The molecule has 1 unspecified atom stereocenters. The summed E-state index contributed by atoms with van der Waals surface area (Å²) >= 11 is 0. The van der Waals surface area contributed by atoms with Gasteiger partial charge in [0.15, 0.2) is 5.82 Å². The summed E-state index contributed by atoms with van der Waals surface area (Å²) in [7, 11) is 1.85. The SMILES string of the molecule is Cn1nc(C2CCC(=O)NC2=O)c2ccc(OCCCN3CCN(c4ccc(C(=O)Nc5n[nH]c6ccc(Cc7cc(F)cc(F)c7)cc56)c(NC5CCOCC5)c4)CC3)cc21. The second kappa shape index (κ2) is 17.9. The highest BCUT2D eigenvalue weighted by Crippen LogP contribution is 2.33. The van der Waals surface area contributed by atoms with Crippen LogP contribution in [0.25, 0.3) is 21.8 Å². The standard InChI is InChI=1S/C46H49F2N9O5/c1-55-41-27-34(5-7-36(41)43(54-55)37-8-10-42(58)50-46(37)60)62-18-2-13-56-14-16-57(17-15-56)33-4-6-35(40(26-33)49-32-11-19-61-20-12-32)45(59)51-44-38-24-28(3-9-39(38)52-53-44)21-29-22-30(47)25-31(48)23-29/h3-7,9,22-27,32,37,49H,2,8,10-21H2,1H3,(H,50,58,60)(H2,51,52,53,59). The molecule has 4 aromatic carbocycles. The number of aromatic amines is 1. The van der Waals surface area contributed by atoms with Crippen molar-refractivity contribution in [2.75, 3.05) is 68.1 Å². The fourth-order valence-corrected chi connectivity index (χ4v) is 8.77. The Morgan fingerprint density at radius 3 is 2.50 bits per heavy atom. The van der Waals surface area contributed by atoms with E-state index < -0.39 is 17.6 Å². The van der Waals surface area contributed by atoms with Crippen molar-refractivity contribution in [1.82, 2.24) is 30.2 Å². The summed E-state index contributed by atoms with van der Waals surface area (Å²) in [6.45, 7) is 6.20. The van der Waals surface area contributed by atoms with Crippen molar-refractivity contribution in [3.63, 3.8) is 0 Å². The highest BCUT2D eigenvalue weighted by Gasteiger charge is 2.32. The Bertz CT molecular complexity index is 2610. The number of amides is 3. The number of halogens is 2. The quantitative estimate of drug-likeness (QED) is 0.0772. The highest BCUT2D eigenvalue weighted by molar-refractivity contribution is 6.11. The Hall–Kier alpha value is -6.39. The van der Waals surface area contributed by atoms with Crippen LogP contribution in [0.5, 0.6) is 5.75 Å². The van der Waals surface area contributed by atoms with E-state index in [-0.39, 0.29) is 23.8 Å². The molecule has 0 spiro atoms. The number of aryl methyl sites for hydroxylation is 1. The van der Waals surface area contributed by atoms with Crippen LogP contribution in [0.1, 0.15) is 65.2 Å². The van der Waals surface area contributed by atoms with Gasteiger partial charge in [-0.15, -0.1) is 0 Å². The van der Waals surface area contributed by atoms with E-state index in [2.05, 4.69) is 47.1 Å². The molecule has 14 nitrogen and oxygen atoms in total. The second-order valence-electron chi connectivity index (χ2n) is 16.3. The first-order valence-corrected chi connectivity index (χ1v) is 21.3. The summed E-state index contributed by atoms with van der Waals surface area (Å²) in [6.07, 6.45) is 3.59. The molecule has 0 saturated carbocycles. The Labute approximate surface area is 356 Å². The maximum Gasteiger partial charge on any atom is 0.258 e. The maximum atomic E-state index is 14.0. The number of hydrogen-bond acceptors (Lipinski definition) is 10. The Kier molecular flexibility index (Phi) is 11.8. The molecule has 0 radical (unpaired) electrons. The van der Waals surface area contributed by atoms with Crippen LogP contribution in [0.4, 0.5) is 26.0 Å². The number of rotatable bonds is 13. The smallest absolute Gasteiger partial charge is 0.258 e. The van der Waals surface area contributed by atoms with Gasteiger partial charge in [-0.3, -0.25) is 34.4 Å². The fourth-order valence-electron chi connectivity index (χ4n) is 8.77. The first-order valence-electron chi connectivity index (χ1n) is 21.3. The number of ether oxygens (including phenoxy) is 2. The fraction of sp³-hybridized carbons (Fsp3) is 0.370. The van der Waals surface area contributed by atoms with Gasteiger partial charge in [0.1, 0.15) is 17.4 Å². The molecule has 3 fully saturated rings. The number of piperazine rings is 1. The molecule has 16 heteroatoms. The van der Waals surface area contributed by atoms with Gasteiger partial charge in [0.2, 0.25) is 11.8 Å². The zero-order valence-electron chi connectivity index (χ0n) is 34.5. The van der Waals surface area contributed by atoms with Crippen LogP contribution in [0.3, 0.4) is 0 Å². The van der Waals surface area contributed by atoms with E-state index in [0.29, 0.717) is 67.1 Å². The van der Waals surface area contributed by atoms with Crippen molar-refractivity contribution in [2.24, 2.45) is 7.05 Å². The van der Waals surface area contributed by atoms with Gasteiger partial charge >= 0.3 is 0 Å². The molecule has 3 saturated heterocycles. The summed E-state index contributed by atoms with van der Waals surface area (Å²) in [6, 6.07) is 21.0. The number of H-pyrrole nitrogens is 1.